The van der Waals surface area contributed by atoms with Gasteiger partial charge in [0.15, 0.2) is 11.6 Å². The number of aromatic nitrogens is 2. The van der Waals surface area contributed by atoms with Crippen LogP contribution in [0.1, 0.15) is 0 Å². The number of benzene rings is 2. The molecule has 1 N–H and O–H groups in total. The van der Waals surface area contributed by atoms with Gasteiger partial charge >= 0.3 is 6.01 Å². The summed E-state index contributed by atoms with van der Waals surface area (Å²) in [6, 6.07) is 7.44. The fraction of sp³-hybridized carbons (Fsp3) is 0. The van der Waals surface area contributed by atoms with Gasteiger partial charge in [0, 0.05) is 6.07 Å². The van der Waals surface area contributed by atoms with E-state index in [4.69, 9.17) is 4.74 Å². The normalized spacial score (nSPS) is 11.2. The lowest BCUT2D eigenvalue weighted by Crippen LogP contribution is -2.15. The smallest absolute Gasteiger partial charge is 0.322 e. The largest absolute Gasteiger partial charge is 0.421 e. The number of nitrogens with zero attached hydrogens (tertiary/aromatic N) is 2. The van der Waals surface area contributed by atoms with Crippen molar-refractivity contribution in [2.45, 2.75) is 4.90 Å². The summed E-state index contributed by atoms with van der Waals surface area (Å²) < 4.78 is 71.5. The Morgan fingerprint density at radius 2 is 1.62 bits per heavy atom. The van der Waals surface area contributed by atoms with Crippen LogP contribution in [0.3, 0.4) is 0 Å². The molecule has 0 fully saturated rings. The molecule has 0 unspecified atom stereocenters. The first-order chi connectivity index (χ1) is 12.3. The zero-order valence-corrected chi connectivity index (χ0v) is 13.7. The van der Waals surface area contributed by atoms with Gasteiger partial charge in [0.05, 0.1) is 18.1 Å². The molecule has 134 valence electrons. The molecule has 0 radical (unpaired) electrons. The van der Waals surface area contributed by atoms with E-state index >= 15 is 0 Å². The van der Waals surface area contributed by atoms with Gasteiger partial charge < -0.3 is 4.74 Å². The van der Waals surface area contributed by atoms with Crippen LogP contribution >= 0.6 is 0 Å². The van der Waals surface area contributed by atoms with Crippen LogP contribution in [0.4, 0.5) is 18.9 Å². The van der Waals surface area contributed by atoms with Crippen molar-refractivity contribution in [3.8, 4) is 11.8 Å². The molecule has 0 bridgehead atoms. The molecule has 0 saturated carbocycles. The Hall–Kier alpha value is -3.14. The summed E-state index contributed by atoms with van der Waals surface area (Å²) in [5.74, 6) is -2.86. The third-order valence-corrected chi connectivity index (χ3v) is 4.52. The zero-order valence-electron chi connectivity index (χ0n) is 12.9. The summed E-state index contributed by atoms with van der Waals surface area (Å²) in [6.07, 6.45) is 2.12. The van der Waals surface area contributed by atoms with Gasteiger partial charge in [0.1, 0.15) is 16.5 Å². The highest BCUT2D eigenvalue weighted by Gasteiger charge is 2.20. The zero-order chi connectivity index (χ0) is 18.7. The number of ether oxygens (including phenoxy) is 1. The highest BCUT2D eigenvalue weighted by molar-refractivity contribution is 7.92. The van der Waals surface area contributed by atoms with Gasteiger partial charge in [0.25, 0.3) is 10.0 Å². The Morgan fingerprint density at radius 1 is 0.923 bits per heavy atom. The van der Waals surface area contributed by atoms with E-state index in [1.54, 1.807) is 6.07 Å². The Bertz CT molecular complexity index is 1040. The predicted molar refractivity (Wildman–Crippen MR) is 85.7 cm³/mol. The van der Waals surface area contributed by atoms with E-state index in [2.05, 4.69) is 14.7 Å². The standard InChI is InChI=1S/C16H10F3N3O3S/c17-10-5-6-15(13(19)7-10)26(23,24)22-11-8-20-16(21-9-11)25-14-4-2-1-3-12(14)18/h1-9,22H. The van der Waals surface area contributed by atoms with E-state index in [1.807, 2.05) is 0 Å². The number of para-hydroxylation sites is 1. The van der Waals surface area contributed by atoms with Crippen molar-refractivity contribution >= 4 is 15.7 Å². The van der Waals surface area contributed by atoms with Gasteiger partial charge in [-0.1, -0.05) is 12.1 Å². The molecule has 0 spiro atoms. The van der Waals surface area contributed by atoms with Gasteiger partial charge in [-0.05, 0) is 24.3 Å². The summed E-state index contributed by atoms with van der Waals surface area (Å²) in [6.45, 7) is 0. The monoisotopic (exact) mass is 381 g/mol. The Morgan fingerprint density at radius 3 is 2.27 bits per heavy atom. The number of anilines is 1. The summed E-state index contributed by atoms with van der Waals surface area (Å²) in [7, 11) is -4.31. The van der Waals surface area contributed by atoms with Crippen molar-refractivity contribution in [3.05, 3.63) is 72.3 Å². The quantitative estimate of drug-likeness (QED) is 0.732. The lowest BCUT2D eigenvalue weighted by Gasteiger charge is -2.09. The van der Waals surface area contributed by atoms with E-state index in [0.717, 1.165) is 24.5 Å². The average Bonchev–Trinajstić information content (AvgIpc) is 2.58. The van der Waals surface area contributed by atoms with Crippen LogP contribution in [-0.2, 0) is 10.0 Å². The first kappa shape index (κ1) is 17.7. The summed E-state index contributed by atoms with van der Waals surface area (Å²) in [5, 5.41) is 0. The second-order valence-electron chi connectivity index (χ2n) is 4.97. The van der Waals surface area contributed by atoms with Gasteiger partial charge in [-0.3, -0.25) is 4.72 Å². The average molecular weight is 381 g/mol. The fourth-order valence-corrected chi connectivity index (χ4v) is 3.04. The lowest BCUT2D eigenvalue weighted by molar-refractivity contribution is 0.411. The van der Waals surface area contributed by atoms with E-state index in [0.29, 0.717) is 6.07 Å². The molecular weight excluding hydrogens is 371 g/mol. The molecule has 0 atom stereocenters. The predicted octanol–water partition coefficient (Wildman–Crippen LogP) is 3.49. The Kier molecular flexibility index (Phi) is 4.76. The summed E-state index contributed by atoms with van der Waals surface area (Å²) >= 11 is 0. The van der Waals surface area contributed by atoms with Crippen LogP contribution in [0.5, 0.6) is 11.8 Å². The minimum atomic E-state index is -4.31. The van der Waals surface area contributed by atoms with Crippen molar-refractivity contribution in [1.29, 1.82) is 0 Å². The Labute approximate surface area is 146 Å². The van der Waals surface area contributed by atoms with Gasteiger partial charge in [-0.25, -0.2) is 31.6 Å². The highest BCUT2D eigenvalue weighted by Crippen LogP contribution is 2.23. The third kappa shape index (κ3) is 3.91. The molecule has 1 aromatic heterocycles. The van der Waals surface area contributed by atoms with Crippen molar-refractivity contribution in [2.75, 3.05) is 4.72 Å². The van der Waals surface area contributed by atoms with Crippen molar-refractivity contribution in [3.63, 3.8) is 0 Å². The maximum Gasteiger partial charge on any atom is 0.322 e. The number of hydrogen-bond donors (Lipinski definition) is 1. The van der Waals surface area contributed by atoms with Crippen LogP contribution in [-0.4, -0.2) is 18.4 Å². The third-order valence-electron chi connectivity index (χ3n) is 3.10. The van der Waals surface area contributed by atoms with Crippen molar-refractivity contribution in [2.24, 2.45) is 0 Å². The van der Waals surface area contributed by atoms with E-state index in [9.17, 15) is 21.6 Å². The second kappa shape index (κ2) is 7.00. The topological polar surface area (TPSA) is 81.2 Å². The van der Waals surface area contributed by atoms with Crippen LogP contribution in [0.25, 0.3) is 0 Å². The van der Waals surface area contributed by atoms with Crippen LogP contribution in [0.15, 0.2) is 59.8 Å². The molecule has 0 aliphatic heterocycles. The van der Waals surface area contributed by atoms with E-state index in [1.165, 1.54) is 18.2 Å². The SMILES string of the molecule is O=S(=O)(Nc1cnc(Oc2ccccc2F)nc1)c1ccc(F)cc1F. The molecule has 0 amide bonds. The van der Waals surface area contributed by atoms with Gasteiger partial charge in [-0.2, -0.15) is 0 Å². The maximum absolute atomic E-state index is 13.6. The molecule has 3 rings (SSSR count). The van der Waals surface area contributed by atoms with E-state index in [-0.39, 0.29) is 17.4 Å². The number of rotatable bonds is 5. The molecule has 26 heavy (non-hydrogen) atoms. The van der Waals surface area contributed by atoms with Gasteiger partial charge in [-0.15, -0.1) is 0 Å². The molecule has 0 saturated heterocycles. The molecule has 10 heteroatoms. The summed E-state index contributed by atoms with van der Waals surface area (Å²) in [4.78, 5) is 6.77. The first-order valence-electron chi connectivity index (χ1n) is 7.07. The molecule has 3 aromatic rings. The number of hydrogen-bond acceptors (Lipinski definition) is 5. The number of nitrogens with one attached hydrogen (secondary N) is 1. The van der Waals surface area contributed by atoms with E-state index < -0.39 is 32.4 Å². The first-order valence-corrected chi connectivity index (χ1v) is 8.56. The molecular formula is C16H10F3N3O3S. The fourth-order valence-electron chi connectivity index (χ4n) is 1.95. The second-order valence-corrected chi connectivity index (χ2v) is 6.62. The summed E-state index contributed by atoms with van der Waals surface area (Å²) in [5.41, 5.74) is -0.0883. The molecule has 0 aliphatic rings. The minimum Gasteiger partial charge on any atom is -0.421 e. The lowest BCUT2D eigenvalue weighted by atomic mass is 10.3. The highest BCUT2D eigenvalue weighted by atomic mass is 32.2. The number of sulfonamides is 1. The molecule has 6 nitrogen and oxygen atoms in total. The van der Waals surface area contributed by atoms with Crippen LogP contribution in [0.2, 0.25) is 0 Å². The number of halogens is 3. The maximum atomic E-state index is 13.6. The van der Waals surface area contributed by atoms with Crippen molar-refractivity contribution < 1.29 is 26.3 Å². The molecule has 0 aliphatic carbocycles. The Balaban J connectivity index is 1.77. The minimum absolute atomic E-state index is 0.0883. The molecule has 2 aromatic carbocycles. The van der Waals surface area contributed by atoms with Gasteiger partial charge in [0.2, 0.25) is 0 Å². The van der Waals surface area contributed by atoms with Crippen LogP contribution in [0, 0.1) is 17.5 Å². The molecule has 1 heterocycles. The van der Waals surface area contributed by atoms with Crippen LogP contribution < -0.4 is 9.46 Å². The van der Waals surface area contributed by atoms with Crippen molar-refractivity contribution in [1.82, 2.24) is 9.97 Å².